The van der Waals surface area contributed by atoms with Crippen molar-refractivity contribution in [2.45, 2.75) is 51.7 Å². The molecule has 2 N–H and O–H groups in total. The van der Waals surface area contributed by atoms with Crippen molar-refractivity contribution in [3.8, 4) is 11.1 Å². The number of benzene rings is 1. The van der Waals surface area contributed by atoms with E-state index in [4.69, 9.17) is 0 Å². The summed E-state index contributed by atoms with van der Waals surface area (Å²) >= 11 is 1.75. The van der Waals surface area contributed by atoms with Gasteiger partial charge in [-0.3, -0.25) is 0 Å². The molecule has 0 saturated heterocycles. The highest BCUT2D eigenvalue weighted by molar-refractivity contribution is 7.12. The van der Waals surface area contributed by atoms with Crippen LogP contribution in [0.5, 0.6) is 0 Å². The van der Waals surface area contributed by atoms with Crippen LogP contribution in [0, 0.1) is 6.92 Å². The zero-order chi connectivity index (χ0) is 19.3. The van der Waals surface area contributed by atoms with Crippen LogP contribution >= 0.6 is 11.3 Å². The summed E-state index contributed by atoms with van der Waals surface area (Å²) in [6.45, 7) is 6.37. The van der Waals surface area contributed by atoms with Crippen LogP contribution in [-0.4, -0.2) is 28.4 Å². The van der Waals surface area contributed by atoms with Gasteiger partial charge in [0.2, 0.25) is 0 Å². The second-order valence-corrected chi connectivity index (χ2v) is 7.98. The van der Waals surface area contributed by atoms with Gasteiger partial charge < -0.3 is 20.1 Å². The van der Waals surface area contributed by atoms with E-state index >= 15 is 0 Å². The van der Waals surface area contributed by atoms with E-state index in [9.17, 15) is 20.1 Å². The number of carboxylic acid groups (broad SMARTS) is 1. The van der Waals surface area contributed by atoms with Crippen LogP contribution in [0.4, 0.5) is 0 Å². The molecule has 0 aliphatic heterocycles. The quantitative estimate of drug-likeness (QED) is 0.745. The standard InChI is InChI=1S/C21H26O4S/c1-13(2)21-18(10-9-16(22)11-17(23)12-19(24)25)20(14(3)26-21)15-7-5-4-6-8-15/h4-10,13,16-17,22-23H,11-12H2,1-3H3,(H,24,25)/p-1/b10-9+/t16-,17-/m1/s1. The Kier molecular flexibility index (Phi) is 7.14. The lowest BCUT2D eigenvalue weighted by atomic mass is 9.96. The Morgan fingerprint density at radius 3 is 2.46 bits per heavy atom. The predicted molar refractivity (Wildman–Crippen MR) is 104 cm³/mol. The Labute approximate surface area is 158 Å². The third-order valence-corrected chi connectivity index (χ3v) is 5.56. The Morgan fingerprint density at radius 2 is 1.88 bits per heavy atom. The molecular formula is C21H25O4S-. The lowest BCUT2D eigenvalue weighted by molar-refractivity contribution is -0.307. The Morgan fingerprint density at radius 1 is 1.23 bits per heavy atom. The van der Waals surface area contributed by atoms with Crippen molar-refractivity contribution in [2.24, 2.45) is 0 Å². The fourth-order valence-electron chi connectivity index (χ4n) is 2.98. The number of carbonyl (C=O) groups excluding carboxylic acids is 1. The Hall–Kier alpha value is -1.95. The van der Waals surface area contributed by atoms with Crippen molar-refractivity contribution in [1.82, 2.24) is 0 Å². The van der Waals surface area contributed by atoms with Gasteiger partial charge in [-0.1, -0.05) is 56.3 Å². The second-order valence-electron chi connectivity index (χ2n) is 6.72. The van der Waals surface area contributed by atoms with E-state index in [1.807, 2.05) is 24.3 Å². The minimum absolute atomic E-state index is 0.0364. The van der Waals surface area contributed by atoms with Crippen LogP contribution in [0.1, 0.15) is 47.9 Å². The molecule has 0 saturated carbocycles. The number of rotatable bonds is 8. The lowest BCUT2D eigenvalue weighted by Crippen LogP contribution is -2.29. The van der Waals surface area contributed by atoms with Crippen molar-refractivity contribution in [2.75, 3.05) is 0 Å². The number of hydrogen-bond donors (Lipinski definition) is 2. The zero-order valence-electron chi connectivity index (χ0n) is 15.3. The number of carbonyl (C=O) groups is 1. The van der Waals surface area contributed by atoms with Gasteiger partial charge in [-0.2, -0.15) is 0 Å². The second kappa shape index (κ2) is 9.12. The van der Waals surface area contributed by atoms with Gasteiger partial charge in [0.05, 0.1) is 12.2 Å². The van der Waals surface area contributed by atoms with E-state index in [1.165, 1.54) is 9.75 Å². The summed E-state index contributed by atoms with van der Waals surface area (Å²) in [6, 6.07) is 10.1. The van der Waals surface area contributed by atoms with Gasteiger partial charge in [0.25, 0.3) is 0 Å². The smallest absolute Gasteiger partial charge is 0.0748 e. The number of aliphatic hydroxyl groups excluding tert-OH is 2. The van der Waals surface area contributed by atoms with Gasteiger partial charge in [-0.15, -0.1) is 11.3 Å². The number of carboxylic acids is 1. The molecule has 0 radical (unpaired) electrons. The van der Waals surface area contributed by atoms with Crippen molar-refractivity contribution < 1.29 is 20.1 Å². The topological polar surface area (TPSA) is 80.6 Å². The SMILES string of the molecule is Cc1sc(C(C)C)c(/C=C/[C@@H](O)C[C@@H](O)CC(=O)[O-])c1-c1ccccc1. The fourth-order valence-corrected chi connectivity index (χ4v) is 4.16. The summed E-state index contributed by atoms with van der Waals surface area (Å²) in [5.74, 6) is -0.979. The number of thiophene rings is 1. The normalized spacial score (nSPS) is 14.1. The molecule has 0 spiro atoms. The first kappa shape index (κ1) is 20.4. The molecule has 1 aromatic carbocycles. The van der Waals surface area contributed by atoms with Gasteiger partial charge in [-0.05, 0) is 24.0 Å². The van der Waals surface area contributed by atoms with Crippen LogP contribution in [0.2, 0.25) is 0 Å². The van der Waals surface area contributed by atoms with Crippen molar-refractivity contribution in [3.63, 3.8) is 0 Å². The van der Waals surface area contributed by atoms with Gasteiger partial charge in [0, 0.05) is 34.1 Å². The molecule has 26 heavy (non-hydrogen) atoms. The molecule has 2 aromatic rings. The maximum absolute atomic E-state index is 10.5. The van der Waals surface area contributed by atoms with Crippen LogP contribution in [0.15, 0.2) is 36.4 Å². The number of aliphatic hydroxyl groups is 2. The summed E-state index contributed by atoms with van der Waals surface area (Å²) < 4.78 is 0. The summed E-state index contributed by atoms with van der Waals surface area (Å²) in [7, 11) is 0. The van der Waals surface area contributed by atoms with E-state index < -0.39 is 24.6 Å². The molecule has 0 aliphatic rings. The highest BCUT2D eigenvalue weighted by Crippen LogP contribution is 2.40. The zero-order valence-corrected chi connectivity index (χ0v) is 16.1. The van der Waals surface area contributed by atoms with E-state index in [1.54, 1.807) is 17.4 Å². The van der Waals surface area contributed by atoms with Crippen LogP contribution in [0.3, 0.4) is 0 Å². The van der Waals surface area contributed by atoms with Crippen molar-refractivity contribution in [1.29, 1.82) is 0 Å². The van der Waals surface area contributed by atoms with Crippen LogP contribution in [0.25, 0.3) is 17.2 Å². The lowest BCUT2D eigenvalue weighted by Gasteiger charge is -2.14. The largest absolute Gasteiger partial charge is 0.550 e. The summed E-state index contributed by atoms with van der Waals surface area (Å²) in [4.78, 5) is 13.0. The van der Waals surface area contributed by atoms with Crippen LogP contribution < -0.4 is 5.11 Å². The van der Waals surface area contributed by atoms with Crippen LogP contribution in [-0.2, 0) is 4.79 Å². The highest BCUT2D eigenvalue weighted by Gasteiger charge is 2.18. The number of aryl methyl sites for hydroxylation is 1. The third kappa shape index (κ3) is 5.27. The highest BCUT2D eigenvalue weighted by atomic mass is 32.1. The third-order valence-electron chi connectivity index (χ3n) is 4.14. The van der Waals surface area contributed by atoms with Gasteiger partial charge in [-0.25, -0.2) is 0 Å². The average molecular weight is 373 g/mol. The minimum Gasteiger partial charge on any atom is -0.550 e. The van der Waals surface area contributed by atoms with Gasteiger partial charge in [0.15, 0.2) is 0 Å². The first-order valence-electron chi connectivity index (χ1n) is 8.72. The molecule has 0 bridgehead atoms. The molecule has 5 heteroatoms. The van der Waals surface area contributed by atoms with E-state index in [2.05, 4.69) is 32.9 Å². The van der Waals surface area contributed by atoms with Gasteiger partial charge >= 0.3 is 0 Å². The first-order chi connectivity index (χ1) is 12.3. The molecule has 0 fully saturated rings. The number of aliphatic carboxylic acids is 1. The monoisotopic (exact) mass is 373 g/mol. The maximum atomic E-state index is 10.5. The molecular weight excluding hydrogens is 348 g/mol. The summed E-state index contributed by atoms with van der Waals surface area (Å²) in [5.41, 5.74) is 3.35. The van der Waals surface area contributed by atoms with E-state index in [0.717, 1.165) is 16.7 Å². The summed E-state index contributed by atoms with van der Waals surface area (Å²) in [6.07, 6.45) is 0.950. The molecule has 2 atom stereocenters. The molecule has 4 nitrogen and oxygen atoms in total. The first-order valence-corrected chi connectivity index (χ1v) is 9.54. The molecule has 140 valence electrons. The van der Waals surface area contributed by atoms with Gasteiger partial charge in [0.1, 0.15) is 0 Å². The van der Waals surface area contributed by atoms with E-state index in [0.29, 0.717) is 5.92 Å². The minimum atomic E-state index is -1.32. The maximum Gasteiger partial charge on any atom is 0.0748 e. The molecule has 0 aliphatic carbocycles. The Bertz CT molecular complexity index is 762. The summed E-state index contributed by atoms with van der Waals surface area (Å²) in [5, 5.41) is 30.3. The average Bonchev–Trinajstić information content (AvgIpc) is 2.89. The predicted octanol–water partition coefficient (Wildman–Crippen LogP) is 3.11. The van der Waals surface area contributed by atoms with E-state index in [-0.39, 0.29) is 6.42 Å². The van der Waals surface area contributed by atoms with Crippen molar-refractivity contribution in [3.05, 3.63) is 51.7 Å². The molecule has 1 heterocycles. The molecule has 2 rings (SSSR count). The molecule has 1 aromatic heterocycles. The number of hydrogen-bond acceptors (Lipinski definition) is 5. The fraction of sp³-hybridized carbons (Fsp3) is 0.381. The Balaban J connectivity index is 2.31. The molecule has 0 amide bonds. The van der Waals surface area contributed by atoms with Crippen molar-refractivity contribution >= 4 is 23.4 Å². The molecule has 0 unspecified atom stereocenters.